The maximum atomic E-state index is 8.79. The van der Waals surface area contributed by atoms with E-state index in [1.165, 1.54) is 24.9 Å². The van der Waals surface area contributed by atoms with Gasteiger partial charge in [0.05, 0.1) is 13.7 Å². The van der Waals surface area contributed by atoms with Crippen LogP contribution >= 0.6 is 0 Å². The number of benzene rings is 1. The van der Waals surface area contributed by atoms with Crippen molar-refractivity contribution in [1.82, 2.24) is 4.90 Å². The summed E-state index contributed by atoms with van der Waals surface area (Å²) in [5.41, 5.74) is 2.18. The van der Waals surface area contributed by atoms with E-state index < -0.39 is 0 Å². The Hall–Kier alpha value is -1.50. The smallest absolute Gasteiger partial charge is 0.123 e. The molecule has 1 fully saturated rings. The SMILES string of the molecule is CCN(Cc1cc(C#CCCO)ccc1OC)CC1CC1. The maximum absolute atomic E-state index is 8.79. The van der Waals surface area contributed by atoms with Crippen LogP contribution in [0.3, 0.4) is 0 Å². The van der Waals surface area contributed by atoms with Crippen molar-refractivity contribution in [2.75, 3.05) is 26.8 Å². The summed E-state index contributed by atoms with van der Waals surface area (Å²) in [7, 11) is 1.72. The number of ether oxygens (including phenoxy) is 1. The average Bonchev–Trinajstić information content (AvgIpc) is 3.31. The van der Waals surface area contributed by atoms with Crippen LogP contribution in [0.2, 0.25) is 0 Å². The van der Waals surface area contributed by atoms with Crippen molar-refractivity contribution >= 4 is 0 Å². The van der Waals surface area contributed by atoms with Crippen LogP contribution in [0.1, 0.15) is 37.3 Å². The number of methoxy groups -OCH3 is 1. The molecule has 3 heteroatoms. The first-order chi connectivity index (χ1) is 10.3. The van der Waals surface area contributed by atoms with Gasteiger partial charge in [0.2, 0.25) is 0 Å². The Labute approximate surface area is 127 Å². The van der Waals surface area contributed by atoms with Crippen LogP contribution < -0.4 is 4.74 Å². The lowest BCUT2D eigenvalue weighted by Crippen LogP contribution is -2.25. The summed E-state index contributed by atoms with van der Waals surface area (Å²) in [5.74, 6) is 7.89. The number of aliphatic hydroxyl groups is 1. The molecule has 0 amide bonds. The van der Waals surface area contributed by atoms with Gasteiger partial charge in [-0.2, -0.15) is 0 Å². The molecule has 21 heavy (non-hydrogen) atoms. The van der Waals surface area contributed by atoms with E-state index >= 15 is 0 Å². The van der Waals surface area contributed by atoms with E-state index in [0.29, 0.717) is 6.42 Å². The number of rotatable bonds is 7. The first-order valence-corrected chi connectivity index (χ1v) is 7.75. The van der Waals surface area contributed by atoms with Gasteiger partial charge in [-0.15, -0.1) is 0 Å². The highest BCUT2D eigenvalue weighted by Crippen LogP contribution is 2.31. The molecule has 1 aromatic rings. The molecule has 3 nitrogen and oxygen atoms in total. The molecule has 0 heterocycles. The third-order valence-corrected chi connectivity index (χ3v) is 3.80. The van der Waals surface area contributed by atoms with Crippen LogP contribution in [0.25, 0.3) is 0 Å². The molecular formula is C18H25NO2. The number of aliphatic hydroxyl groups excluding tert-OH is 1. The van der Waals surface area contributed by atoms with Crippen LogP contribution in [0.4, 0.5) is 0 Å². The zero-order valence-corrected chi connectivity index (χ0v) is 13.1. The van der Waals surface area contributed by atoms with Gasteiger partial charge in [-0.3, -0.25) is 4.90 Å². The van der Waals surface area contributed by atoms with Crippen LogP contribution in [0, 0.1) is 17.8 Å². The molecule has 0 atom stereocenters. The second kappa shape index (κ2) is 8.07. The Kier molecular flexibility index (Phi) is 6.10. The summed E-state index contributed by atoms with van der Waals surface area (Å²) < 4.78 is 5.48. The van der Waals surface area contributed by atoms with Gasteiger partial charge in [-0.05, 0) is 43.5 Å². The highest BCUT2D eigenvalue weighted by Gasteiger charge is 2.24. The summed E-state index contributed by atoms with van der Waals surface area (Å²) in [5, 5.41) is 8.79. The largest absolute Gasteiger partial charge is 0.496 e. The molecule has 1 N–H and O–H groups in total. The third kappa shape index (κ3) is 5.08. The normalized spacial score (nSPS) is 13.9. The van der Waals surface area contributed by atoms with Gasteiger partial charge < -0.3 is 9.84 Å². The summed E-state index contributed by atoms with van der Waals surface area (Å²) in [6, 6.07) is 6.08. The van der Waals surface area contributed by atoms with Crippen molar-refractivity contribution < 1.29 is 9.84 Å². The fraction of sp³-hybridized carbons (Fsp3) is 0.556. The van der Waals surface area contributed by atoms with Crippen LogP contribution in [0.5, 0.6) is 5.75 Å². The summed E-state index contributed by atoms with van der Waals surface area (Å²) in [6.07, 6.45) is 3.27. The third-order valence-electron chi connectivity index (χ3n) is 3.80. The Bertz CT molecular complexity index is 512. The number of hydrogen-bond acceptors (Lipinski definition) is 3. The van der Waals surface area contributed by atoms with Gasteiger partial charge in [-0.1, -0.05) is 18.8 Å². The van der Waals surface area contributed by atoms with Gasteiger partial charge in [0, 0.05) is 30.6 Å². The van der Waals surface area contributed by atoms with E-state index in [9.17, 15) is 0 Å². The quantitative estimate of drug-likeness (QED) is 0.783. The lowest BCUT2D eigenvalue weighted by atomic mass is 10.1. The van der Waals surface area contributed by atoms with Crippen molar-refractivity contribution in [2.24, 2.45) is 5.92 Å². The average molecular weight is 287 g/mol. The molecule has 0 bridgehead atoms. The lowest BCUT2D eigenvalue weighted by Gasteiger charge is -2.21. The maximum Gasteiger partial charge on any atom is 0.123 e. The highest BCUT2D eigenvalue weighted by atomic mass is 16.5. The summed E-state index contributed by atoms with van der Waals surface area (Å²) in [4.78, 5) is 2.47. The summed E-state index contributed by atoms with van der Waals surface area (Å²) in [6.45, 7) is 5.46. The first-order valence-electron chi connectivity index (χ1n) is 7.75. The zero-order chi connectivity index (χ0) is 15.1. The Balaban J connectivity index is 2.10. The van der Waals surface area contributed by atoms with Gasteiger partial charge >= 0.3 is 0 Å². The molecule has 0 unspecified atom stereocenters. The predicted octanol–water partition coefficient (Wildman–Crippen LogP) is 2.66. The standard InChI is InChI=1S/C18H25NO2/c1-3-19(13-16-7-8-16)14-17-12-15(6-4-5-11-20)9-10-18(17)21-2/h9-10,12,16,20H,3,5,7-8,11,13-14H2,1-2H3. The second-order valence-corrected chi connectivity index (χ2v) is 5.57. The van der Waals surface area contributed by atoms with Crippen molar-refractivity contribution in [3.05, 3.63) is 29.3 Å². The minimum Gasteiger partial charge on any atom is -0.496 e. The van der Waals surface area contributed by atoms with Gasteiger partial charge in [0.15, 0.2) is 0 Å². The topological polar surface area (TPSA) is 32.7 Å². The van der Waals surface area contributed by atoms with Crippen LogP contribution in [-0.2, 0) is 6.54 Å². The van der Waals surface area contributed by atoms with Gasteiger partial charge in [0.25, 0.3) is 0 Å². The second-order valence-electron chi connectivity index (χ2n) is 5.57. The van der Waals surface area contributed by atoms with Gasteiger partial charge in [-0.25, -0.2) is 0 Å². The highest BCUT2D eigenvalue weighted by molar-refractivity contribution is 5.44. The molecule has 114 valence electrons. The van der Waals surface area contributed by atoms with E-state index in [1.807, 2.05) is 12.1 Å². The van der Waals surface area contributed by atoms with E-state index in [0.717, 1.165) is 30.3 Å². The molecule has 0 aliphatic heterocycles. The lowest BCUT2D eigenvalue weighted by molar-refractivity contribution is 0.263. The molecule has 1 aliphatic carbocycles. The van der Waals surface area contributed by atoms with Crippen LogP contribution in [0.15, 0.2) is 18.2 Å². The number of nitrogens with zero attached hydrogens (tertiary/aromatic N) is 1. The monoisotopic (exact) mass is 287 g/mol. The van der Waals surface area contributed by atoms with E-state index in [-0.39, 0.29) is 6.61 Å². The minimum atomic E-state index is 0.112. The molecule has 0 saturated heterocycles. The Morgan fingerprint density at radius 1 is 1.38 bits per heavy atom. The Morgan fingerprint density at radius 2 is 2.19 bits per heavy atom. The minimum absolute atomic E-state index is 0.112. The van der Waals surface area contributed by atoms with Crippen molar-refractivity contribution in [3.8, 4) is 17.6 Å². The molecule has 2 rings (SSSR count). The van der Waals surface area contributed by atoms with Crippen molar-refractivity contribution in [2.45, 2.75) is 32.7 Å². The van der Waals surface area contributed by atoms with Crippen molar-refractivity contribution in [1.29, 1.82) is 0 Å². The van der Waals surface area contributed by atoms with Crippen molar-refractivity contribution in [3.63, 3.8) is 0 Å². The molecular weight excluding hydrogens is 262 g/mol. The summed E-state index contributed by atoms with van der Waals surface area (Å²) >= 11 is 0. The molecule has 0 aromatic heterocycles. The van der Waals surface area contributed by atoms with Gasteiger partial charge in [0.1, 0.15) is 5.75 Å². The molecule has 1 aliphatic rings. The van der Waals surface area contributed by atoms with E-state index in [1.54, 1.807) is 7.11 Å². The molecule has 0 radical (unpaired) electrons. The number of hydrogen-bond donors (Lipinski definition) is 1. The van der Waals surface area contributed by atoms with Crippen LogP contribution in [-0.4, -0.2) is 36.8 Å². The predicted molar refractivity (Wildman–Crippen MR) is 85.2 cm³/mol. The fourth-order valence-corrected chi connectivity index (χ4v) is 2.41. The zero-order valence-electron chi connectivity index (χ0n) is 13.1. The van der Waals surface area contributed by atoms with E-state index in [2.05, 4.69) is 29.7 Å². The molecule has 1 saturated carbocycles. The first kappa shape index (κ1) is 15.9. The fourth-order valence-electron chi connectivity index (χ4n) is 2.41. The molecule has 1 aromatic carbocycles. The van der Waals surface area contributed by atoms with E-state index in [4.69, 9.17) is 9.84 Å². The molecule has 0 spiro atoms. The Morgan fingerprint density at radius 3 is 2.81 bits per heavy atom.